The predicted octanol–water partition coefficient (Wildman–Crippen LogP) is 1.60. The number of morpholine rings is 1. The second-order valence-electron chi connectivity index (χ2n) is 4.29. The number of hydrogen-bond acceptors (Lipinski definition) is 5. The minimum absolute atomic E-state index is 0.315. The SMILES string of the molecule is COc1ccc([C@@H](C#N)N2CCOCC2)c(OC)c1. The van der Waals surface area contributed by atoms with Gasteiger partial charge >= 0.3 is 0 Å². The first-order chi connectivity index (χ1) is 9.30. The van der Waals surface area contributed by atoms with Gasteiger partial charge in [0.15, 0.2) is 0 Å². The summed E-state index contributed by atoms with van der Waals surface area (Å²) in [5.41, 5.74) is 0.868. The van der Waals surface area contributed by atoms with Crippen molar-refractivity contribution in [2.24, 2.45) is 0 Å². The number of hydrogen-bond donors (Lipinski definition) is 0. The highest BCUT2D eigenvalue weighted by Gasteiger charge is 2.25. The van der Waals surface area contributed by atoms with E-state index in [1.165, 1.54) is 0 Å². The fourth-order valence-corrected chi connectivity index (χ4v) is 2.23. The molecule has 19 heavy (non-hydrogen) atoms. The van der Waals surface area contributed by atoms with E-state index in [9.17, 15) is 5.26 Å². The summed E-state index contributed by atoms with van der Waals surface area (Å²) in [6, 6.07) is 7.58. The predicted molar refractivity (Wildman–Crippen MR) is 70.3 cm³/mol. The van der Waals surface area contributed by atoms with Crippen LogP contribution < -0.4 is 9.47 Å². The monoisotopic (exact) mass is 262 g/mol. The number of rotatable bonds is 4. The molecule has 1 aromatic rings. The lowest BCUT2D eigenvalue weighted by molar-refractivity contribution is 0.0262. The zero-order valence-corrected chi connectivity index (χ0v) is 11.3. The van der Waals surface area contributed by atoms with Gasteiger partial charge in [-0.15, -0.1) is 0 Å². The molecule has 0 amide bonds. The Morgan fingerprint density at radius 3 is 2.58 bits per heavy atom. The van der Waals surface area contributed by atoms with Crippen LogP contribution in [0.25, 0.3) is 0 Å². The molecule has 0 aliphatic carbocycles. The average molecular weight is 262 g/mol. The highest BCUT2D eigenvalue weighted by Crippen LogP contribution is 2.32. The van der Waals surface area contributed by atoms with Gasteiger partial charge in [0.1, 0.15) is 17.5 Å². The fourth-order valence-electron chi connectivity index (χ4n) is 2.23. The van der Waals surface area contributed by atoms with E-state index in [1.54, 1.807) is 20.3 Å². The van der Waals surface area contributed by atoms with Gasteiger partial charge < -0.3 is 14.2 Å². The van der Waals surface area contributed by atoms with Gasteiger partial charge in [-0.1, -0.05) is 0 Å². The van der Waals surface area contributed by atoms with E-state index in [0.29, 0.717) is 19.0 Å². The van der Waals surface area contributed by atoms with E-state index in [-0.39, 0.29) is 6.04 Å². The van der Waals surface area contributed by atoms with Gasteiger partial charge in [-0.05, 0) is 12.1 Å². The van der Waals surface area contributed by atoms with E-state index >= 15 is 0 Å². The molecule has 1 aliphatic rings. The Morgan fingerprint density at radius 1 is 1.26 bits per heavy atom. The number of benzene rings is 1. The molecular weight excluding hydrogens is 244 g/mol. The van der Waals surface area contributed by atoms with Gasteiger partial charge in [-0.25, -0.2) is 0 Å². The average Bonchev–Trinajstić information content (AvgIpc) is 2.49. The van der Waals surface area contributed by atoms with Crippen molar-refractivity contribution in [3.05, 3.63) is 23.8 Å². The van der Waals surface area contributed by atoms with Crippen molar-refractivity contribution in [1.82, 2.24) is 4.90 Å². The molecule has 1 atom stereocenters. The van der Waals surface area contributed by atoms with E-state index in [2.05, 4.69) is 11.0 Å². The molecule has 0 bridgehead atoms. The van der Waals surface area contributed by atoms with Crippen molar-refractivity contribution < 1.29 is 14.2 Å². The Morgan fingerprint density at radius 2 is 2.00 bits per heavy atom. The lowest BCUT2D eigenvalue weighted by Crippen LogP contribution is -2.38. The number of methoxy groups -OCH3 is 2. The lowest BCUT2D eigenvalue weighted by Gasteiger charge is -2.31. The molecule has 1 heterocycles. The summed E-state index contributed by atoms with van der Waals surface area (Å²) in [4.78, 5) is 2.10. The molecule has 0 spiro atoms. The fraction of sp³-hybridized carbons (Fsp3) is 0.500. The molecule has 1 saturated heterocycles. The van der Waals surface area contributed by atoms with Crippen LogP contribution in [0.4, 0.5) is 0 Å². The molecule has 5 nitrogen and oxygen atoms in total. The van der Waals surface area contributed by atoms with Crippen molar-refractivity contribution in [3.63, 3.8) is 0 Å². The van der Waals surface area contributed by atoms with E-state index in [4.69, 9.17) is 14.2 Å². The topological polar surface area (TPSA) is 54.7 Å². The maximum atomic E-state index is 9.46. The maximum absolute atomic E-state index is 9.46. The number of nitrogens with zero attached hydrogens (tertiary/aromatic N) is 2. The first-order valence-corrected chi connectivity index (χ1v) is 6.23. The van der Waals surface area contributed by atoms with Crippen LogP contribution in [0.3, 0.4) is 0 Å². The molecule has 0 unspecified atom stereocenters. The Hall–Kier alpha value is -1.77. The normalized spacial score (nSPS) is 17.5. The summed E-state index contributed by atoms with van der Waals surface area (Å²) in [5, 5.41) is 9.46. The molecule has 1 aliphatic heterocycles. The van der Waals surface area contributed by atoms with Crippen LogP contribution in [-0.4, -0.2) is 45.4 Å². The van der Waals surface area contributed by atoms with Gasteiger partial charge in [-0.3, -0.25) is 4.90 Å². The van der Waals surface area contributed by atoms with E-state index in [0.717, 1.165) is 24.4 Å². The van der Waals surface area contributed by atoms with Crippen molar-refractivity contribution in [2.45, 2.75) is 6.04 Å². The lowest BCUT2D eigenvalue weighted by atomic mass is 10.0. The molecule has 102 valence electrons. The molecule has 1 aromatic carbocycles. The Kier molecular flexibility index (Phi) is 4.61. The molecule has 0 N–H and O–H groups in total. The zero-order chi connectivity index (χ0) is 13.7. The smallest absolute Gasteiger partial charge is 0.128 e. The van der Waals surface area contributed by atoms with E-state index < -0.39 is 0 Å². The largest absolute Gasteiger partial charge is 0.497 e. The highest BCUT2D eigenvalue weighted by molar-refractivity contribution is 5.44. The van der Waals surface area contributed by atoms with Gasteiger partial charge in [0, 0.05) is 24.7 Å². The molecule has 0 radical (unpaired) electrons. The Bertz CT molecular complexity index is 464. The van der Waals surface area contributed by atoms with Crippen LogP contribution >= 0.6 is 0 Å². The molecule has 2 rings (SSSR count). The summed E-state index contributed by atoms with van der Waals surface area (Å²) in [6.07, 6.45) is 0. The second kappa shape index (κ2) is 6.41. The maximum Gasteiger partial charge on any atom is 0.128 e. The highest BCUT2D eigenvalue weighted by atomic mass is 16.5. The van der Waals surface area contributed by atoms with Gasteiger partial charge in [0.25, 0.3) is 0 Å². The summed E-state index contributed by atoms with van der Waals surface area (Å²) < 4.78 is 15.9. The summed E-state index contributed by atoms with van der Waals surface area (Å²) in [6.45, 7) is 2.84. The summed E-state index contributed by atoms with van der Waals surface area (Å²) >= 11 is 0. The third-order valence-corrected chi connectivity index (χ3v) is 3.27. The Balaban J connectivity index is 2.29. The third kappa shape index (κ3) is 2.98. The van der Waals surface area contributed by atoms with E-state index in [1.807, 2.05) is 12.1 Å². The van der Waals surface area contributed by atoms with Crippen molar-refractivity contribution >= 4 is 0 Å². The minimum atomic E-state index is -0.315. The molecular formula is C14H18N2O3. The van der Waals surface area contributed by atoms with Crippen LogP contribution in [0.2, 0.25) is 0 Å². The Labute approximate surface area is 113 Å². The van der Waals surface area contributed by atoms with Crippen LogP contribution in [0.5, 0.6) is 11.5 Å². The van der Waals surface area contributed by atoms with Gasteiger partial charge in [-0.2, -0.15) is 5.26 Å². The standard InChI is InChI=1S/C14H18N2O3/c1-17-11-3-4-12(14(9-11)18-2)13(10-15)16-5-7-19-8-6-16/h3-4,9,13H,5-8H2,1-2H3/t13-/m1/s1. The first-order valence-electron chi connectivity index (χ1n) is 6.23. The third-order valence-electron chi connectivity index (χ3n) is 3.27. The van der Waals surface area contributed by atoms with Crippen molar-refractivity contribution in [1.29, 1.82) is 5.26 Å². The molecule has 1 fully saturated rings. The summed E-state index contributed by atoms with van der Waals surface area (Å²) in [7, 11) is 3.21. The second-order valence-corrected chi connectivity index (χ2v) is 4.29. The number of ether oxygens (including phenoxy) is 3. The first kappa shape index (κ1) is 13.7. The molecule has 5 heteroatoms. The van der Waals surface area contributed by atoms with Crippen LogP contribution in [0, 0.1) is 11.3 Å². The van der Waals surface area contributed by atoms with Crippen LogP contribution in [0.1, 0.15) is 11.6 Å². The van der Waals surface area contributed by atoms with Crippen molar-refractivity contribution in [2.75, 3.05) is 40.5 Å². The molecule has 0 saturated carbocycles. The zero-order valence-electron chi connectivity index (χ0n) is 11.3. The quantitative estimate of drug-likeness (QED) is 0.825. The minimum Gasteiger partial charge on any atom is -0.497 e. The molecule has 0 aromatic heterocycles. The summed E-state index contributed by atoms with van der Waals surface area (Å²) in [5.74, 6) is 1.40. The van der Waals surface area contributed by atoms with Crippen LogP contribution in [0.15, 0.2) is 18.2 Å². The van der Waals surface area contributed by atoms with Gasteiger partial charge in [0.2, 0.25) is 0 Å². The van der Waals surface area contributed by atoms with Gasteiger partial charge in [0.05, 0.1) is 33.5 Å². The van der Waals surface area contributed by atoms with Crippen LogP contribution in [-0.2, 0) is 4.74 Å². The van der Waals surface area contributed by atoms with Crippen molar-refractivity contribution in [3.8, 4) is 17.6 Å². The number of nitriles is 1.